The van der Waals surface area contributed by atoms with E-state index in [-0.39, 0.29) is 17.7 Å². The second-order valence-corrected chi connectivity index (χ2v) is 7.74. The minimum Gasteiger partial charge on any atom is -0.352 e. The predicted octanol–water partition coefficient (Wildman–Crippen LogP) is 2.40. The zero-order valence-corrected chi connectivity index (χ0v) is 16.0. The summed E-state index contributed by atoms with van der Waals surface area (Å²) in [6.45, 7) is 6.12. The smallest absolute Gasteiger partial charge is 0.225 e. The fourth-order valence-electron chi connectivity index (χ4n) is 3.55. The Morgan fingerprint density at radius 2 is 1.81 bits per heavy atom. The summed E-state index contributed by atoms with van der Waals surface area (Å²) in [5.74, 6) is 0.740. The minimum atomic E-state index is 0.0349. The molecule has 1 heterocycles. The van der Waals surface area contributed by atoms with Crippen molar-refractivity contribution in [1.82, 2.24) is 15.1 Å². The summed E-state index contributed by atoms with van der Waals surface area (Å²) in [4.78, 5) is 28.8. The molecule has 1 aromatic carbocycles. The molecule has 5 nitrogen and oxygen atoms in total. The van der Waals surface area contributed by atoms with Crippen LogP contribution in [0.25, 0.3) is 0 Å². The summed E-state index contributed by atoms with van der Waals surface area (Å²) in [6.07, 6.45) is 3.66. The van der Waals surface area contributed by atoms with Gasteiger partial charge >= 0.3 is 0 Å². The van der Waals surface area contributed by atoms with Gasteiger partial charge in [0.15, 0.2) is 0 Å². The van der Waals surface area contributed by atoms with Gasteiger partial charge in [0.25, 0.3) is 0 Å². The van der Waals surface area contributed by atoms with Crippen LogP contribution >= 0.6 is 0 Å². The van der Waals surface area contributed by atoms with Crippen LogP contribution in [0.2, 0.25) is 0 Å². The second-order valence-electron chi connectivity index (χ2n) is 7.74. The van der Waals surface area contributed by atoms with E-state index in [9.17, 15) is 9.59 Å². The summed E-state index contributed by atoms with van der Waals surface area (Å²) in [7, 11) is 2.11. The van der Waals surface area contributed by atoms with E-state index >= 15 is 0 Å². The van der Waals surface area contributed by atoms with E-state index in [4.69, 9.17) is 0 Å². The Morgan fingerprint density at radius 3 is 2.46 bits per heavy atom. The van der Waals surface area contributed by atoms with Gasteiger partial charge in [-0.3, -0.25) is 9.59 Å². The quantitative estimate of drug-likeness (QED) is 0.815. The zero-order chi connectivity index (χ0) is 18.5. The van der Waals surface area contributed by atoms with Crippen molar-refractivity contribution < 1.29 is 9.59 Å². The molecule has 2 aliphatic rings. The highest BCUT2D eigenvalue weighted by molar-refractivity contribution is 5.82. The van der Waals surface area contributed by atoms with E-state index in [1.54, 1.807) is 0 Å². The highest BCUT2D eigenvalue weighted by atomic mass is 16.2. The van der Waals surface area contributed by atoms with E-state index in [2.05, 4.69) is 48.5 Å². The molecule has 3 rings (SSSR count). The van der Waals surface area contributed by atoms with Crippen molar-refractivity contribution >= 4 is 11.8 Å². The van der Waals surface area contributed by atoms with Crippen LogP contribution in [0.4, 0.5) is 0 Å². The first-order chi connectivity index (χ1) is 12.6. The van der Waals surface area contributed by atoms with Crippen LogP contribution < -0.4 is 5.32 Å². The number of carbonyl (C=O) groups excluding carboxylic acids is 2. The van der Waals surface area contributed by atoms with Gasteiger partial charge in [-0.25, -0.2) is 0 Å². The van der Waals surface area contributed by atoms with Gasteiger partial charge in [0.1, 0.15) is 0 Å². The van der Waals surface area contributed by atoms with Gasteiger partial charge in [-0.15, -0.1) is 0 Å². The lowest BCUT2D eigenvalue weighted by Crippen LogP contribution is -2.43. The molecule has 0 aromatic heterocycles. The number of amides is 2. The fraction of sp³-hybridized carbons (Fsp3) is 0.619. The third-order valence-electron chi connectivity index (χ3n) is 5.55. The molecule has 5 heteroatoms. The normalized spacial score (nSPS) is 18.2. The van der Waals surface area contributed by atoms with E-state index in [1.165, 1.54) is 5.56 Å². The number of carbonyl (C=O) groups is 2. The van der Waals surface area contributed by atoms with E-state index in [0.717, 1.165) is 57.4 Å². The van der Waals surface area contributed by atoms with Crippen LogP contribution in [0.3, 0.4) is 0 Å². The Kier molecular flexibility index (Phi) is 6.30. The average Bonchev–Trinajstić information content (AvgIpc) is 3.51. The van der Waals surface area contributed by atoms with Crippen LogP contribution in [0.15, 0.2) is 24.3 Å². The maximum Gasteiger partial charge on any atom is 0.225 e. The third kappa shape index (κ3) is 5.07. The lowest BCUT2D eigenvalue weighted by molar-refractivity contribution is -0.136. The molecule has 142 valence electrons. The maximum absolute atomic E-state index is 12.5. The third-order valence-corrected chi connectivity index (χ3v) is 5.55. The molecule has 1 saturated heterocycles. The Hall–Kier alpha value is -1.88. The molecule has 2 fully saturated rings. The molecule has 26 heavy (non-hydrogen) atoms. The summed E-state index contributed by atoms with van der Waals surface area (Å²) in [5, 5.41) is 3.09. The fourth-order valence-corrected chi connectivity index (χ4v) is 3.55. The van der Waals surface area contributed by atoms with Gasteiger partial charge in [0.05, 0.1) is 0 Å². The average molecular weight is 357 g/mol. The number of hydrogen-bond donors (Lipinski definition) is 1. The molecule has 1 aliphatic heterocycles. The van der Waals surface area contributed by atoms with Crippen molar-refractivity contribution in [1.29, 1.82) is 0 Å². The molecular weight excluding hydrogens is 326 g/mol. The first-order valence-corrected chi connectivity index (χ1v) is 9.89. The van der Waals surface area contributed by atoms with Crippen molar-refractivity contribution in [2.24, 2.45) is 11.8 Å². The van der Waals surface area contributed by atoms with Crippen LogP contribution in [0.1, 0.15) is 43.7 Å². The Bertz CT molecular complexity index is 634. The molecule has 0 spiro atoms. The predicted molar refractivity (Wildman–Crippen MR) is 102 cm³/mol. The first-order valence-electron chi connectivity index (χ1n) is 9.89. The van der Waals surface area contributed by atoms with Gasteiger partial charge < -0.3 is 15.1 Å². The Morgan fingerprint density at radius 1 is 1.12 bits per heavy atom. The number of likely N-dealkylation sites (tertiary alicyclic amines) is 1. The Balaban J connectivity index is 1.44. The van der Waals surface area contributed by atoms with Gasteiger partial charge in [0, 0.05) is 38.0 Å². The number of piperidine rings is 1. The molecule has 0 radical (unpaired) electrons. The minimum absolute atomic E-state index is 0.0349. The van der Waals surface area contributed by atoms with Crippen molar-refractivity contribution in [3.63, 3.8) is 0 Å². The molecular formula is C21H31N3O2. The Labute approximate surface area is 156 Å². The molecule has 1 N–H and O–H groups in total. The summed E-state index contributed by atoms with van der Waals surface area (Å²) < 4.78 is 0. The summed E-state index contributed by atoms with van der Waals surface area (Å²) in [6, 6.07) is 8.42. The number of benzene rings is 1. The van der Waals surface area contributed by atoms with Crippen molar-refractivity contribution in [2.45, 2.75) is 45.7 Å². The van der Waals surface area contributed by atoms with E-state index in [0.29, 0.717) is 12.5 Å². The van der Waals surface area contributed by atoms with E-state index in [1.807, 2.05) is 4.90 Å². The van der Waals surface area contributed by atoms with Gasteiger partial charge in [0.2, 0.25) is 11.8 Å². The zero-order valence-electron chi connectivity index (χ0n) is 16.0. The number of nitrogens with zero attached hydrogens (tertiary/aromatic N) is 2. The molecule has 2 amide bonds. The lowest BCUT2D eigenvalue weighted by Gasteiger charge is -2.31. The van der Waals surface area contributed by atoms with Crippen LogP contribution in [-0.2, 0) is 22.7 Å². The highest BCUT2D eigenvalue weighted by Gasteiger charge is 2.35. The van der Waals surface area contributed by atoms with Crippen molar-refractivity contribution in [3.8, 4) is 0 Å². The first kappa shape index (κ1) is 18.9. The molecule has 1 aromatic rings. The van der Waals surface area contributed by atoms with Gasteiger partial charge in [-0.2, -0.15) is 0 Å². The second kappa shape index (κ2) is 8.67. The summed E-state index contributed by atoms with van der Waals surface area (Å²) in [5.41, 5.74) is 2.41. The highest BCUT2D eigenvalue weighted by Crippen LogP contribution is 2.32. The van der Waals surface area contributed by atoms with Crippen molar-refractivity contribution in [3.05, 3.63) is 35.4 Å². The topological polar surface area (TPSA) is 52.7 Å². The van der Waals surface area contributed by atoms with Crippen LogP contribution in [-0.4, -0.2) is 48.3 Å². The van der Waals surface area contributed by atoms with E-state index < -0.39 is 0 Å². The summed E-state index contributed by atoms with van der Waals surface area (Å²) >= 11 is 0. The maximum atomic E-state index is 12.5. The number of nitrogens with one attached hydrogen (secondary N) is 1. The van der Waals surface area contributed by atoms with Crippen LogP contribution in [0.5, 0.6) is 0 Å². The van der Waals surface area contributed by atoms with Gasteiger partial charge in [-0.05, 0) is 50.4 Å². The lowest BCUT2D eigenvalue weighted by atomic mass is 9.95. The molecule has 1 saturated carbocycles. The standard InChI is InChI=1S/C21H31N3O2/c1-3-23(2)15-17-6-4-5-16(13-17)14-22-20(25)18-9-11-24(12-10-18)21(26)19-7-8-19/h4-6,13,18-19H,3,7-12,14-15H2,1-2H3,(H,22,25). The monoisotopic (exact) mass is 357 g/mol. The molecule has 0 atom stereocenters. The number of hydrogen-bond acceptors (Lipinski definition) is 3. The number of rotatable bonds is 7. The molecule has 0 unspecified atom stereocenters. The molecule has 0 bridgehead atoms. The largest absolute Gasteiger partial charge is 0.352 e. The van der Waals surface area contributed by atoms with Crippen LogP contribution in [0, 0.1) is 11.8 Å². The SMILES string of the molecule is CCN(C)Cc1cccc(CNC(=O)C2CCN(C(=O)C3CC3)CC2)c1. The van der Waals surface area contributed by atoms with Crippen molar-refractivity contribution in [2.75, 3.05) is 26.7 Å². The molecule has 1 aliphatic carbocycles. The van der Waals surface area contributed by atoms with Gasteiger partial charge in [-0.1, -0.05) is 31.2 Å².